The van der Waals surface area contributed by atoms with E-state index in [0.29, 0.717) is 12.8 Å². The molecule has 0 bridgehead atoms. The molecule has 4 heteroatoms. The Morgan fingerprint density at radius 1 is 1.29 bits per heavy atom. The number of halogens is 3. The van der Waals surface area contributed by atoms with Gasteiger partial charge in [-0.25, -0.2) is 0 Å². The molecule has 0 spiro atoms. The molecule has 0 aliphatic carbocycles. The topological polar surface area (TPSA) is 20.2 Å². The predicted molar refractivity (Wildman–Crippen MR) is 68.4 cm³/mol. The van der Waals surface area contributed by atoms with Gasteiger partial charge >= 0.3 is 0 Å². The van der Waals surface area contributed by atoms with Crippen molar-refractivity contribution in [1.82, 2.24) is 0 Å². The van der Waals surface area contributed by atoms with E-state index in [-0.39, 0.29) is 5.57 Å². The zero-order valence-corrected chi connectivity index (χ0v) is 11.1. The molecule has 17 heavy (non-hydrogen) atoms. The molecule has 1 aromatic carbocycles. The third-order valence-corrected chi connectivity index (χ3v) is 3.92. The zero-order valence-electron chi connectivity index (χ0n) is 9.54. The molecular weight excluding hydrogens is 290 g/mol. The molecule has 0 fully saturated rings. The van der Waals surface area contributed by atoms with E-state index in [0.717, 1.165) is 5.56 Å². The minimum absolute atomic E-state index is 0.106. The van der Waals surface area contributed by atoms with Crippen LogP contribution in [0, 0.1) is 0 Å². The second-order valence-electron chi connectivity index (χ2n) is 3.94. The van der Waals surface area contributed by atoms with Gasteiger partial charge in [-0.1, -0.05) is 46.3 Å². The molecule has 0 heterocycles. The Bertz CT molecular complexity index is 374. The lowest BCUT2D eigenvalue weighted by atomic mass is 10.0. The van der Waals surface area contributed by atoms with Gasteiger partial charge in [0.15, 0.2) is 0 Å². The van der Waals surface area contributed by atoms with Gasteiger partial charge in [0.1, 0.15) is 0 Å². The monoisotopic (exact) mass is 304 g/mol. The van der Waals surface area contributed by atoms with E-state index in [2.05, 4.69) is 15.9 Å². The summed E-state index contributed by atoms with van der Waals surface area (Å²) in [5.74, 6) is 0. The average molecular weight is 305 g/mol. The van der Waals surface area contributed by atoms with Crippen molar-refractivity contribution in [3.05, 3.63) is 47.5 Å². The maximum atomic E-state index is 12.3. The number of benzene rings is 1. The van der Waals surface area contributed by atoms with Crippen molar-refractivity contribution in [1.29, 1.82) is 0 Å². The van der Waals surface area contributed by atoms with E-state index in [4.69, 9.17) is 0 Å². The van der Waals surface area contributed by atoms with Crippen LogP contribution in [0.4, 0.5) is 8.78 Å². The molecule has 0 unspecified atom stereocenters. The summed E-state index contributed by atoms with van der Waals surface area (Å²) in [6.07, 6.45) is -1.42. The van der Waals surface area contributed by atoms with E-state index in [1.807, 2.05) is 30.3 Å². The molecule has 1 N–H and O–H groups in total. The summed E-state index contributed by atoms with van der Waals surface area (Å²) in [5.41, 5.74) is 0.985. The third-order valence-electron chi connectivity index (χ3n) is 2.62. The van der Waals surface area contributed by atoms with Gasteiger partial charge in [-0.2, -0.15) is 8.78 Å². The number of rotatable bonds is 5. The summed E-state index contributed by atoms with van der Waals surface area (Å²) in [6.45, 7) is 1.32. The lowest BCUT2D eigenvalue weighted by Gasteiger charge is -2.17. The largest absolute Gasteiger partial charge is 0.392 e. The van der Waals surface area contributed by atoms with Crippen LogP contribution >= 0.6 is 15.9 Å². The fraction of sp³-hybridized carbons (Fsp3) is 0.385. The van der Waals surface area contributed by atoms with Gasteiger partial charge in [0.2, 0.25) is 0 Å². The van der Waals surface area contributed by atoms with Crippen molar-refractivity contribution in [2.45, 2.75) is 30.7 Å². The fourth-order valence-corrected chi connectivity index (χ4v) is 1.94. The Morgan fingerprint density at radius 2 is 1.88 bits per heavy atom. The van der Waals surface area contributed by atoms with E-state index in [1.54, 1.807) is 0 Å². The Balaban J connectivity index is 2.50. The first-order valence-electron chi connectivity index (χ1n) is 5.40. The third kappa shape index (κ3) is 4.56. The van der Waals surface area contributed by atoms with Crippen LogP contribution in [0.25, 0.3) is 0 Å². The van der Waals surface area contributed by atoms with E-state index >= 15 is 0 Å². The van der Waals surface area contributed by atoms with Crippen molar-refractivity contribution >= 4 is 15.9 Å². The van der Waals surface area contributed by atoms with E-state index in [1.165, 1.54) is 6.92 Å². The average Bonchev–Trinajstić information content (AvgIpc) is 2.35. The zero-order chi connectivity index (χ0) is 12.8. The van der Waals surface area contributed by atoms with Crippen LogP contribution in [0.15, 0.2) is 42.0 Å². The van der Waals surface area contributed by atoms with Crippen LogP contribution in [-0.4, -0.2) is 16.0 Å². The molecule has 1 rings (SSSR count). The van der Waals surface area contributed by atoms with Gasteiger partial charge in [0.05, 0.1) is 10.9 Å². The maximum absolute atomic E-state index is 12.3. The van der Waals surface area contributed by atoms with Crippen molar-refractivity contribution < 1.29 is 13.9 Å². The van der Waals surface area contributed by atoms with Crippen LogP contribution in [0.5, 0.6) is 0 Å². The first kappa shape index (κ1) is 14.3. The second kappa shape index (κ2) is 6.87. The normalized spacial score (nSPS) is 14.2. The molecular formula is C13H15BrF2O. The molecule has 1 aromatic rings. The van der Waals surface area contributed by atoms with Crippen LogP contribution in [-0.2, 0) is 6.42 Å². The summed E-state index contributed by atoms with van der Waals surface area (Å²) in [6, 6.07) is 9.65. The standard InChI is InChI=1S/C13H15BrF2O/c1-9(13(15)16)12(14)11(17)8-7-10-5-3-2-4-6-10/h2-6,11-12,17H,7-8H2,1H3/t11-,12-/m0/s1. The first-order chi connectivity index (χ1) is 8.02. The van der Waals surface area contributed by atoms with E-state index < -0.39 is 17.0 Å². The van der Waals surface area contributed by atoms with Gasteiger partial charge in [0, 0.05) is 5.57 Å². The van der Waals surface area contributed by atoms with Gasteiger partial charge in [-0.3, -0.25) is 0 Å². The molecule has 0 aliphatic heterocycles. The second-order valence-corrected chi connectivity index (χ2v) is 4.92. The SMILES string of the molecule is CC(=C(F)F)[C@H](Br)[C@@H](O)CCc1ccccc1. The molecule has 94 valence electrons. The number of aliphatic hydroxyl groups is 1. The summed E-state index contributed by atoms with van der Waals surface area (Å²) >= 11 is 3.09. The van der Waals surface area contributed by atoms with Crippen molar-refractivity contribution in [3.63, 3.8) is 0 Å². The Labute approximate surface area is 108 Å². The van der Waals surface area contributed by atoms with Crippen LogP contribution in [0.1, 0.15) is 18.9 Å². The molecule has 0 saturated heterocycles. The Hall–Kier alpha value is -0.740. The molecule has 1 nitrogen and oxygen atoms in total. The van der Waals surface area contributed by atoms with Gasteiger partial charge in [-0.15, -0.1) is 0 Å². The fourth-order valence-electron chi connectivity index (χ4n) is 1.50. The molecule has 2 atom stereocenters. The molecule has 0 aliphatic rings. The minimum atomic E-state index is -1.73. The number of hydrogen-bond acceptors (Lipinski definition) is 1. The highest BCUT2D eigenvalue weighted by atomic mass is 79.9. The molecule has 0 radical (unpaired) electrons. The lowest BCUT2D eigenvalue weighted by molar-refractivity contribution is 0.170. The van der Waals surface area contributed by atoms with Gasteiger partial charge < -0.3 is 5.11 Å². The van der Waals surface area contributed by atoms with Gasteiger partial charge in [0.25, 0.3) is 6.08 Å². The van der Waals surface area contributed by atoms with Crippen LogP contribution in [0.3, 0.4) is 0 Å². The molecule has 0 saturated carbocycles. The van der Waals surface area contributed by atoms with E-state index in [9.17, 15) is 13.9 Å². The summed E-state index contributed by atoms with van der Waals surface area (Å²) in [5, 5.41) is 9.78. The first-order valence-corrected chi connectivity index (χ1v) is 6.31. The Kier molecular flexibility index (Phi) is 5.78. The highest BCUT2D eigenvalue weighted by molar-refractivity contribution is 9.09. The summed E-state index contributed by atoms with van der Waals surface area (Å²) in [4.78, 5) is -0.684. The quantitative estimate of drug-likeness (QED) is 0.818. The van der Waals surface area contributed by atoms with Crippen molar-refractivity contribution in [2.75, 3.05) is 0 Å². The predicted octanol–water partition coefficient (Wildman–Crippen LogP) is 3.91. The molecule has 0 amide bonds. The molecule has 0 aromatic heterocycles. The van der Waals surface area contributed by atoms with Crippen molar-refractivity contribution in [2.24, 2.45) is 0 Å². The summed E-state index contributed by atoms with van der Waals surface area (Å²) < 4.78 is 24.7. The van der Waals surface area contributed by atoms with Gasteiger partial charge in [-0.05, 0) is 25.3 Å². The highest BCUT2D eigenvalue weighted by Gasteiger charge is 2.20. The summed E-state index contributed by atoms with van der Waals surface area (Å²) in [7, 11) is 0. The highest BCUT2D eigenvalue weighted by Crippen LogP contribution is 2.23. The Morgan fingerprint density at radius 3 is 2.41 bits per heavy atom. The smallest absolute Gasteiger partial charge is 0.270 e. The lowest BCUT2D eigenvalue weighted by Crippen LogP contribution is -2.22. The number of aliphatic hydroxyl groups excluding tert-OH is 1. The number of hydrogen-bond donors (Lipinski definition) is 1. The minimum Gasteiger partial charge on any atom is -0.392 e. The van der Waals surface area contributed by atoms with Crippen molar-refractivity contribution in [3.8, 4) is 0 Å². The number of aryl methyl sites for hydroxylation is 1. The maximum Gasteiger partial charge on any atom is 0.270 e. The van der Waals surface area contributed by atoms with Crippen LogP contribution in [0.2, 0.25) is 0 Å². The number of alkyl halides is 1. The van der Waals surface area contributed by atoms with Crippen LogP contribution < -0.4 is 0 Å².